The number of aryl methyl sites for hydroxylation is 1. The Morgan fingerprint density at radius 2 is 2.19 bits per heavy atom. The summed E-state index contributed by atoms with van der Waals surface area (Å²) >= 11 is 1.60. The fourth-order valence-electron chi connectivity index (χ4n) is 3.44. The van der Waals surface area contributed by atoms with Crippen LogP contribution in [0.5, 0.6) is 5.75 Å². The minimum atomic E-state index is -0.453. The lowest BCUT2D eigenvalue weighted by atomic mass is 9.77. The Morgan fingerprint density at radius 1 is 1.33 bits per heavy atom. The molecule has 0 aliphatic heterocycles. The molecule has 4 rings (SSSR count). The van der Waals surface area contributed by atoms with Crippen LogP contribution in [-0.2, 0) is 6.61 Å². The third kappa shape index (κ3) is 3.55. The van der Waals surface area contributed by atoms with E-state index >= 15 is 0 Å². The van der Waals surface area contributed by atoms with Crippen molar-refractivity contribution in [3.63, 3.8) is 0 Å². The van der Waals surface area contributed by atoms with Crippen molar-refractivity contribution in [2.24, 2.45) is 0 Å². The zero-order chi connectivity index (χ0) is 18.9. The van der Waals surface area contributed by atoms with Gasteiger partial charge in [0.15, 0.2) is 0 Å². The maximum Gasteiger partial charge on any atom is 0.253 e. The Labute approximate surface area is 162 Å². The van der Waals surface area contributed by atoms with E-state index in [9.17, 15) is 9.90 Å². The normalized spacial score (nSPS) is 15.3. The molecule has 1 amide bonds. The van der Waals surface area contributed by atoms with Crippen molar-refractivity contribution < 1.29 is 14.6 Å². The van der Waals surface area contributed by atoms with Gasteiger partial charge in [-0.15, -0.1) is 11.3 Å². The van der Waals surface area contributed by atoms with E-state index in [1.165, 1.54) is 0 Å². The van der Waals surface area contributed by atoms with E-state index in [2.05, 4.69) is 10.3 Å². The van der Waals surface area contributed by atoms with Gasteiger partial charge in [0.2, 0.25) is 0 Å². The second-order valence-corrected chi connectivity index (χ2v) is 8.30. The van der Waals surface area contributed by atoms with Crippen LogP contribution in [0.2, 0.25) is 0 Å². The quantitative estimate of drug-likeness (QED) is 0.680. The van der Waals surface area contributed by atoms with Gasteiger partial charge in [0.1, 0.15) is 12.4 Å². The van der Waals surface area contributed by atoms with E-state index in [-0.39, 0.29) is 12.5 Å². The van der Waals surface area contributed by atoms with Gasteiger partial charge in [-0.3, -0.25) is 9.78 Å². The van der Waals surface area contributed by atoms with Crippen molar-refractivity contribution in [1.29, 1.82) is 0 Å². The topological polar surface area (TPSA) is 71.5 Å². The number of aliphatic hydroxyl groups excluding tert-OH is 1. The van der Waals surface area contributed by atoms with Crippen molar-refractivity contribution >= 4 is 27.3 Å². The Kier molecular flexibility index (Phi) is 4.85. The van der Waals surface area contributed by atoms with Crippen LogP contribution in [0.25, 0.3) is 10.1 Å². The van der Waals surface area contributed by atoms with Gasteiger partial charge < -0.3 is 15.2 Å². The van der Waals surface area contributed by atoms with Crippen LogP contribution >= 0.6 is 11.3 Å². The molecule has 2 N–H and O–H groups in total. The van der Waals surface area contributed by atoms with Crippen molar-refractivity contribution in [2.45, 2.75) is 38.3 Å². The molecular formula is C21H22N2O3S. The fourth-order valence-corrected chi connectivity index (χ4v) is 4.48. The number of hydrogen-bond donors (Lipinski definition) is 2. The van der Waals surface area contributed by atoms with Crippen molar-refractivity contribution in [1.82, 2.24) is 10.3 Å². The molecule has 0 atom stereocenters. The Balaban J connectivity index is 1.59. The van der Waals surface area contributed by atoms with Crippen LogP contribution < -0.4 is 10.1 Å². The van der Waals surface area contributed by atoms with Gasteiger partial charge in [-0.1, -0.05) is 6.07 Å². The highest BCUT2D eigenvalue weighted by Crippen LogP contribution is 2.36. The van der Waals surface area contributed by atoms with Crippen molar-refractivity contribution in [3.8, 4) is 5.75 Å². The average molecular weight is 382 g/mol. The summed E-state index contributed by atoms with van der Waals surface area (Å²) in [5.74, 6) is 0.592. The lowest BCUT2D eigenvalue weighted by Crippen LogP contribution is -2.56. The number of hydrogen-bond acceptors (Lipinski definition) is 5. The van der Waals surface area contributed by atoms with E-state index in [4.69, 9.17) is 4.74 Å². The molecule has 1 saturated carbocycles. The minimum absolute atomic E-state index is 0.0156. The smallest absolute Gasteiger partial charge is 0.253 e. The first-order valence-corrected chi connectivity index (χ1v) is 9.91. The molecule has 0 unspecified atom stereocenters. The van der Waals surface area contributed by atoms with Crippen LogP contribution in [0.3, 0.4) is 0 Å². The summed E-state index contributed by atoms with van der Waals surface area (Å²) in [5.41, 5.74) is 1.08. The summed E-state index contributed by atoms with van der Waals surface area (Å²) in [6, 6.07) is 11.5. The summed E-state index contributed by atoms with van der Waals surface area (Å²) < 4.78 is 6.92. The summed E-state index contributed by atoms with van der Waals surface area (Å²) in [4.78, 5) is 18.2. The van der Waals surface area contributed by atoms with E-state index < -0.39 is 5.54 Å². The molecule has 0 radical (unpaired) electrons. The van der Waals surface area contributed by atoms with Gasteiger partial charge >= 0.3 is 0 Å². The molecule has 0 spiro atoms. The van der Waals surface area contributed by atoms with E-state index in [1.54, 1.807) is 17.5 Å². The molecule has 3 aromatic rings. The SMILES string of the molecule is Cc1sc2ccc(OCc3ccccn3)cc2c1C(=O)NC1(CO)CCC1. The minimum Gasteiger partial charge on any atom is -0.487 e. The molecule has 27 heavy (non-hydrogen) atoms. The molecule has 5 nitrogen and oxygen atoms in total. The molecule has 140 valence electrons. The van der Waals surface area contributed by atoms with Gasteiger partial charge in [-0.25, -0.2) is 0 Å². The Morgan fingerprint density at radius 3 is 2.85 bits per heavy atom. The van der Waals surface area contributed by atoms with Gasteiger partial charge in [0.25, 0.3) is 5.91 Å². The third-order valence-corrected chi connectivity index (χ3v) is 6.25. The predicted octanol–water partition coefficient (Wildman–Crippen LogP) is 3.83. The number of carbonyl (C=O) groups is 1. The van der Waals surface area contributed by atoms with Crippen LogP contribution in [0, 0.1) is 6.92 Å². The van der Waals surface area contributed by atoms with Crippen LogP contribution in [0.15, 0.2) is 42.6 Å². The number of amides is 1. The van der Waals surface area contributed by atoms with Gasteiger partial charge in [0.05, 0.1) is 23.4 Å². The lowest BCUT2D eigenvalue weighted by Gasteiger charge is -2.41. The zero-order valence-corrected chi connectivity index (χ0v) is 16.0. The maximum atomic E-state index is 12.9. The first kappa shape index (κ1) is 17.9. The summed E-state index contributed by atoms with van der Waals surface area (Å²) in [7, 11) is 0. The number of aromatic nitrogens is 1. The molecule has 2 heterocycles. The number of fused-ring (bicyclic) bond motifs is 1. The average Bonchev–Trinajstić information content (AvgIpc) is 2.99. The Bertz CT molecular complexity index is 959. The number of aliphatic hydroxyl groups is 1. The molecular weight excluding hydrogens is 360 g/mol. The lowest BCUT2D eigenvalue weighted by molar-refractivity contribution is 0.0643. The van der Waals surface area contributed by atoms with Gasteiger partial charge in [0, 0.05) is 21.2 Å². The molecule has 6 heteroatoms. The highest BCUT2D eigenvalue weighted by atomic mass is 32.1. The summed E-state index contributed by atoms with van der Waals surface area (Å²) in [6.45, 7) is 2.32. The second kappa shape index (κ2) is 7.29. The van der Waals surface area contributed by atoms with E-state index in [1.807, 2.05) is 43.3 Å². The fraction of sp³-hybridized carbons (Fsp3) is 0.333. The summed E-state index contributed by atoms with van der Waals surface area (Å²) in [5, 5.41) is 13.6. The van der Waals surface area contributed by atoms with Gasteiger partial charge in [-0.05, 0) is 56.5 Å². The Hall–Kier alpha value is -2.44. The molecule has 1 fully saturated rings. The number of rotatable bonds is 6. The number of nitrogens with zero attached hydrogens (tertiary/aromatic N) is 1. The van der Waals surface area contributed by atoms with Crippen LogP contribution in [-0.4, -0.2) is 28.1 Å². The number of benzene rings is 1. The number of nitrogens with one attached hydrogen (secondary N) is 1. The highest BCUT2D eigenvalue weighted by molar-refractivity contribution is 7.19. The molecule has 2 aromatic heterocycles. The first-order chi connectivity index (χ1) is 13.1. The first-order valence-electron chi connectivity index (χ1n) is 9.09. The van der Waals surface area contributed by atoms with Crippen molar-refractivity contribution in [3.05, 3.63) is 58.7 Å². The third-order valence-electron chi connectivity index (χ3n) is 5.17. The zero-order valence-electron chi connectivity index (χ0n) is 15.2. The summed E-state index contributed by atoms with van der Waals surface area (Å²) in [6.07, 6.45) is 4.43. The number of carbonyl (C=O) groups excluding carboxylic acids is 1. The number of thiophene rings is 1. The predicted molar refractivity (Wildman–Crippen MR) is 106 cm³/mol. The standard InChI is InChI=1S/C21H22N2O3S/c1-14-19(20(25)23-21(13-24)8-4-9-21)17-11-16(6-7-18(17)27-14)26-12-15-5-2-3-10-22-15/h2-3,5-7,10-11,24H,4,8-9,12-13H2,1H3,(H,23,25). The molecule has 1 aliphatic rings. The maximum absolute atomic E-state index is 12.9. The monoisotopic (exact) mass is 382 g/mol. The molecule has 0 bridgehead atoms. The second-order valence-electron chi connectivity index (χ2n) is 7.05. The van der Waals surface area contributed by atoms with Crippen LogP contribution in [0.1, 0.15) is 40.2 Å². The molecule has 0 saturated heterocycles. The van der Waals surface area contributed by atoms with Gasteiger partial charge in [-0.2, -0.15) is 0 Å². The molecule has 1 aliphatic carbocycles. The van der Waals surface area contributed by atoms with Crippen LogP contribution in [0.4, 0.5) is 0 Å². The molecule has 1 aromatic carbocycles. The highest BCUT2D eigenvalue weighted by Gasteiger charge is 2.38. The van der Waals surface area contributed by atoms with E-state index in [0.717, 1.165) is 39.9 Å². The number of pyridine rings is 1. The largest absolute Gasteiger partial charge is 0.487 e. The van der Waals surface area contributed by atoms with E-state index in [0.29, 0.717) is 17.9 Å². The van der Waals surface area contributed by atoms with Crippen molar-refractivity contribution in [2.75, 3.05) is 6.61 Å². The number of ether oxygens (including phenoxy) is 1.